The number of hydrogen-bond acceptors (Lipinski definition) is 8. The Kier molecular flexibility index (Phi) is 30.5. The van der Waals surface area contributed by atoms with Crippen LogP contribution in [-0.2, 0) is 29.2 Å². The van der Waals surface area contributed by atoms with Crippen molar-refractivity contribution in [2.75, 3.05) is 52.6 Å². The van der Waals surface area contributed by atoms with Crippen LogP contribution in [0.4, 0.5) is 0 Å². The van der Waals surface area contributed by atoms with Crippen molar-refractivity contribution in [2.45, 2.75) is 194 Å². The third-order valence-corrected chi connectivity index (χ3v) is 10.5. The number of esters is 2. The number of unbranched alkanes of at least 4 members (excludes halogenated alkanes) is 18. The molecule has 0 N–H and O–H groups in total. The minimum absolute atomic E-state index is 0.221. The lowest BCUT2D eigenvalue weighted by Crippen LogP contribution is -2.45. The van der Waals surface area contributed by atoms with E-state index in [1.807, 2.05) is 0 Å². The largest absolute Gasteiger partial charge is 0.748 e. The lowest BCUT2D eigenvalue weighted by Gasteiger charge is -2.33. The lowest BCUT2D eigenvalue weighted by atomic mass is 10.0. The molecule has 0 aliphatic heterocycles. The Hall–Kier alpha value is -1.23. The fourth-order valence-corrected chi connectivity index (χ4v) is 7.38. The Bertz CT molecular complexity index is 883. The third kappa shape index (κ3) is 33.9. The molecular formula is C40H80N2O7S. The van der Waals surface area contributed by atoms with Gasteiger partial charge in [0.05, 0.1) is 37.3 Å². The molecule has 0 saturated heterocycles. The molecule has 0 aromatic heterocycles. The molecule has 0 aromatic carbocycles. The first kappa shape index (κ1) is 48.8. The van der Waals surface area contributed by atoms with Crippen molar-refractivity contribution in [2.24, 2.45) is 0 Å². The molecule has 2 unspecified atom stereocenters. The van der Waals surface area contributed by atoms with Crippen molar-refractivity contribution < 1.29 is 36.5 Å². The number of ether oxygens (including phenoxy) is 2. The lowest BCUT2D eigenvalue weighted by molar-refractivity contribution is -0.890. The molecule has 0 heterocycles. The molecule has 0 aromatic rings. The first-order valence-corrected chi connectivity index (χ1v) is 22.2. The third-order valence-electron chi connectivity index (χ3n) is 9.74. The van der Waals surface area contributed by atoms with Gasteiger partial charge < -0.3 is 18.5 Å². The quantitative estimate of drug-likeness (QED) is 0.0271. The van der Waals surface area contributed by atoms with E-state index in [-0.39, 0.29) is 29.9 Å². The number of rotatable bonds is 36. The minimum Gasteiger partial charge on any atom is -0.748 e. The Morgan fingerprint density at radius 1 is 0.580 bits per heavy atom. The van der Waals surface area contributed by atoms with Crippen LogP contribution in [0.5, 0.6) is 0 Å². The van der Waals surface area contributed by atoms with Crippen molar-refractivity contribution in [1.29, 1.82) is 0 Å². The summed E-state index contributed by atoms with van der Waals surface area (Å²) in [6, 6.07) is 0. The van der Waals surface area contributed by atoms with E-state index in [2.05, 4.69) is 32.8 Å². The van der Waals surface area contributed by atoms with E-state index in [0.717, 1.165) is 58.0 Å². The smallest absolute Gasteiger partial charge is 0.302 e. The zero-order valence-electron chi connectivity index (χ0n) is 33.5. The monoisotopic (exact) mass is 733 g/mol. The molecule has 0 rings (SSSR count). The SMILES string of the molecule is CCCCCCCCCCCCC(CN(CCC[N+](C)(C)CCCS(=O)(=O)[O-])CC(CCCCCCCCCCCC)OC(C)=O)OC(C)=O. The predicted octanol–water partition coefficient (Wildman–Crippen LogP) is 9.18. The molecule has 0 aliphatic carbocycles. The van der Waals surface area contributed by atoms with Gasteiger partial charge in [-0.2, -0.15) is 0 Å². The predicted molar refractivity (Wildman–Crippen MR) is 206 cm³/mol. The van der Waals surface area contributed by atoms with Crippen molar-refractivity contribution >= 4 is 22.1 Å². The summed E-state index contributed by atoms with van der Waals surface area (Å²) in [4.78, 5) is 26.6. The molecular weight excluding hydrogens is 653 g/mol. The molecule has 10 heteroatoms. The van der Waals surface area contributed by atoms with Crippen molar-refractivity contribution in [3.63, 3.8) is 0 Å². The van der Waals surface area contributed by atoms with Crippen molar-refractivity contribution in [3.05, 3.63) is 0 Å². The Labute approximate surface area is 309 Å². The fraction of sp³-hybridized carbons (Fsp3) is 0.950. The number of nitrogens with zero attached hydrogens (tertiary/aromatic N) is 2. The van der Waals surface area contributed by atoms with Gasteiger partial charge in [0.1, 0.15) is 12.2 Å². The Morgan fingerprint density at radius 3 is 1.26 bits per heavy atom. The Morgan fingerprint density at radius 2 is 0.920 bits per heavy atom. The maximum atomic E-state index is 12.1. The zero-order valence-corrected chi connectivity index (χ0v) is 34.3. The van der Waals surface area contributed by atoms with Crippen LogP contribution in [0.2, 0.25) is 0 Å². The highest BCUT2D eigenvalue weighted by atomic mass is 32.2. The molecule has 0 spiro atoms. The van der Waals surface area contributed by atoms with Crippen LogP contribution < -0.4 is 0 Å². The van der Waals surface area contributed by atoms with Gasteiger partial charge in [-0.3, -0.25) is 14.5 Å². The van der Waals surface area contributed by atoms with E-state index in [1.165, 1.54) is 117 Å². The normalized spacial score (nSPS) is 13.4. The molecule has 0 aliphatic rings. The maximum absolute atomic E-state index is 12.1. The van der Waals surface area contributed by atoms with E-state index >= 15 is 0 Å². The van der Waals surface area contributed by atoms with Crippen LogP contribution in [-0.4, -0.2) is 99.1 Å². The molecule has 9 nitrogen and oxygen atoms in total. The topological polar surface area (TPSA) is 113 Å². The second-order valence-electron chi connectivity index (χ2n) is 15.5. The van der Waals surface area contributed by atoms with E-state index in [1.54, 1.807) is 0 Å². The van der Waals surface area contributed by atoms with Crippen LogP contribution in [0.15, 0.2) is 0 Å². The van der Waals surface area contributed by atoms with Crippen LogP contribution >= 0.6 is 0 Å². The van der Waals surface area contributed by atoms with E-state index in [4.69, 9.17) is 9.47 Å². The van der Waals surface area contributed by atoms with Crippen LogP contribution in [0, 0.1) is 0 Å². The van der Waals surface area contributed by atoms with Gasteiger partial charge in [0.25, 0.3) is 0 Å². The average molecular weight is 733 g/mol. The Balaban J connectivity index is 5.24. The van der Waals surface area contributed by atoms with Gasteiger partial charge in [0.2, 0.25) is 0 Å². The van der Waals surface area contributed by atoms with E-state index in [0.29, 0.717) is 30.5 Å². The number of quaternary nitrogens is 1. The standard InChI is InChI=1S/C40H80N2O7S/c1-7-9-11-13-15-17-19-21-23-25-29-39(48-37(3)43)35-41(31-27-32-42(5,6)33-28-34-50(45,46)47)36-40(49-38(4)44)30-26-24-22-20-18-16-14-12-10-8-2/h39-40H,7-36H2,1-6H3. The number of hydrogen-bond donors (Lipinski definition) is 0. The zero-order chi connectivity index (χ0) is 37.5. The van der Waals surface area contributed by atoms with Gasteiger partial charge >= 0.3 is 11.9 Å². The molecule has 0 radical (unpaired) electrons. The summed E-state index contributed by atoms with van der Waals surface area (Å²) in [5, 5.41) is 0. The van der Waals surface area contributed by atoms with E-state index in [9.17, 15) is 22.6 Å². The second-order valence-corrected chi connectivity index (χ2v) is 17.0. The van der Waals surface area contributed by atoms with Crippen molar-refractivity contribution in [1.82, 2.24) is 4.90 Å². The van der Waals surface area contributed by atoms with E-state index < -0.39 is 10.1 Å². The van der Waals surface area contributed by atoms with Crippen molar-refractivity contribution in [3.8, 4) is 0 Å². The van der Waals surface area contributed by atoms with Crippen LogP contribution in [0.1, 0.15) is 182 Å². The second kappa shape index (κ2) is 31.3. The molecule has 298 valence electrons. The van der Waals surface area contributed by atoms with Gasteiger partial charge in [0, 0.05) is 52.1 Å². The highest BCUT2D eigenvalue weighted by Gasteiger charge is 2.23. The van der Waals surface area contributed by atoms with Crippen LogP contribution in [0.25, 0.3) is 0 Å². The first-order valence-electron chi connectivity index (χ1n) is 20.6. The number of carbonyl (C=O) groups excluding carboxylic acids is 2. The van der Waals surface area contributed by atoms with Gasteiger partial charge in [0.15, 0.2) is 0 Å². The molecule has 0 fully saturated rings. The molecule has 0 amide bonds. The first-order chi connectivity index (χ1) is 23.8. The highest BCUT2D eigenvalue weighted by Crippen LogP contribution is 2.18. The summed E-state index contributed by atoms with van der Waals surface area (Å²) >= 11 is 0. The maximum Gasteiger partial charge on any atom is 0.302 e. The van der Waals surface area contributed by atoms with Crippen LogP contribution in [0.3, 0.4) is 0 Å². The fourth-order valence-electron chi connectivity index (χ4n) is 6.90. The summed E-state index contributed by atoms with van der Waals surface area (Å²) in [5.74, 6) is -0.877. The molecule has 50 heavy (non-hydrogen) atoms. The highest BCUT2D eigenvalue weighted by molar-refractivity contribution is 7.85. The molecule has 2 atom stereocenters. The van der Waals surface area contributed by atoms with Gasteiger partial charge in [-0.05, 0) is 25.7 Å². The summed E-state index contributed by atoms with van der Waals surface area (Å²) in [6.45, 7) is 10.8. The van der Waals surface area contributed by atoms with Gasteiger partial charge in [-0.1, -0.05) is 129 Å². The summed E-state index contributed by atoms with van der Waals surface area (Å²) in [5.41, 5.74) is 0. The average Bonchev–Trinajstić information content (AvgIpc) is 3.01. The summed E-state index contributed by atoms with van der Waals surface area (Å²) in [6.07, 6.45) is 27.4. The molecule has 0 saturated carbocycles. The summed E-state index contributed by atoms with van der Waals surface area (Å²) in [7, 11) is -0.103. The van der Waals surface area contributed by atoms with Gasteiger partial charge in [-0.15, -0.1) is 0 Å². The number of carbonyl (C=O) groups is 2. The summed E-state index contributed by atoms with van der Waals surface area (Å²) < 4.78 is 45.6. The van der Waals surface area contributed by atoms with Gasteiger partial charge in [-0.25, -0.2) is 8.42 Å². The minimum atomic E-state index is -4.22. The molecule has 0 bridgehead atoms.